The molecule has 50 valence electrons. The molecule has 2 heteroatoms. The molecule has 0 bridgehead atoms. The van der Waals surface area contributed by atoms with Crippen molar-refractivity contribution in [3.63, 3.8) is 0 Å². The molecule has 0 saturated heterocycles. The van der Waals surface area contributed by atoms with Gasteiger partial charge in [0.05, 0.1) is 6.10 Å². The van der Waals surface area contributed by atoms with Crippen LogP contribution in [0.1, 0.15) is 27.2 Å². The van der Waals surface area contributed by atoms with Gasteiger partial charge in [0.2, 0.25) is 0 Å². The second-order valence-corrected chi connectivity index (χ2v) is 2.49. The molecule has 0 aromatic heterocycles. The van der Waals surface area contributed by atoms with Gasteiger partial charge in [0.15, 0.2) is 0 Å². The van der Waals surface area contributed by atoms with Crippen LogP contribution in [0.4, 0.5) is 4.39 Å². The third kappa shape index (κ3) is 2.26. The summed E-state index contributed by atoms with van der Waals surface area (Å²) in [5.74, 6) is 0. The molecule has 0 amide bonds. The van der Waals surface area contributed by atoms with Gasteiger partial charge >= 0.3 is 0 Å². The van der Waals surface area contributed by atoms with Crippen LogP contribution in [-0.4, -0.2) is 16.9 Å². The average Bonchev–Trinajstić information content (AvgIpc) is 1.62. The van der Waals surface area contributed by atoms with Crippen LogP contribution < -0.4 is 0 Å². The van der Waals surface area contributed by atoms with Crippen LogP contribution in [0.2, 0.25) is 0 Å². The summed E-state index contributed by atoms with van der Waals surface area (Å²) >= 11 is 0. The average molecular weight is 120 g/mol. The fourth-order valence-corrected chi connectivity index (χ4v) is 0.485. The van der Waals surface area contributed by atoms with Crippen molar-refractivity contribution in [3.05, 3.63) is 0 Å². The van der Waals surface area contributed by atoms with Crippen LogP contribution in [0.3, 0.4) is 0 Å². The molecule has 0 aromatic rings. The maximum absolute atomic E-state index is 12.5. The normalized spacial score (nSPS) is 16.1. The maximum atomic E-state index is 12.5. The zero-order valence-electron chi connectivity index (χ0n) is 5.61. The van der Waals surface area contributed by atoms with Crippen molar-refractivity contribution < 1.29 is 9.50 Å². The second kappa shape index (κ2) is 2.44. The molecule has 0 aromatic carbocycles. The van der Waals surface area contributed by atoms with Crippen molar-refractivity contribution in [1.82, 2.24) is 0 Å². The van der Waals surface area contributed by atoms with Gasteiger partial charge in [0, 0.05) is 0 Å². The highest BCUT2D eigenvalue weighted by Gasteiger charge is 2.24. The molecule has 1 atom stereocenters. The fourth-order valence-electron chi connectivity index (χ4n) is 0.485. The lowest BCUT2D eigenvalue weighted by molar-refractivity contribution is 0.0153. The number of rotatable bonds is 2. The van der Waals surface area contributed by atoms with Gasteiger partial charge < -0.3 is 5.11 Å². The van der Waals surface area contributed by atoms with Gasteiger partial charge in [-0.1, -0.05) is 6.92 Å². The molecule has 0 aliphatic carbocycles. The molecule has 1 N–H and O–H groups in total. The van der Waals surface area contributed by atoms with E-state index in [1.54, 1.807) is 6.92 Å². The molecule has 0 rings (SSSR count). The number of halogens is 1. The first-order chi connectivity index (χ1) is 3.48. The van der Waals surface area contributed by atoms with Crippen molar-refractivity contribution in [1.29, 1.82) is 0 Å². The molecule has 1 nitrogen and oxygen atoms in total. The Hall–Kier alpha value is -0.110. The van der Waals surface area contributed by atoms with Crippen molar-refractivity contribution >= 4 is 0 Å². The van der Waals surface area contributed by atoms with Crippen LogP contribution in [0.5, 0.6) is 0 Å². The summed E-state index contributed by atoms with van der Waals surface area (Å²) in [5.41, 5.74) is -1.44. The first kappa shape index (κ1) is 7.89. The van der Waals surface area contributed by atoms with E-state index in [0.717, 1.165) is 0 Å². The summed E-state index contributed by atoms with van der Waals surface area (Å²) in [6.45, 7) is 4.51. The SMILES string of the molecule is CC[C@H](O)C(C)(C)F. The van der Waals surface area contributed by atoms with Crippen molar-refractivity contribution in [2.24, 2.45) is 0 Å². The van der Waals surface area contributed by atoms with Crippen LogP contribution in [0.25, 0.3) is 0 Å². The Bertz CT molecular complexity index is 65.4. The predicted molar refractivity (Wildman–Crippen MR) is 31.5 cm³/mol. The molecule has 8 heavy (non-hydrogen) atoms. The molecule has 0 saturated carbocycles. The molecule has 0 fully saturated rings. The molecule has 0 radical (unpaired) electrons. The van der Waals surface area contributed by atoms with Crippen molar-refractivity contribution in [2.75, 3.05) is 0 Å². The Morgan fingerprint density at radius 2 is 2.00 bits per heavy atom. The summed E-state index contributed by atoms with van der Waals surface area (Å²) in [7, 11) is 0. The monoisotopic (exact) mass is 120 g/mol. The third-order valence-electron chi connectivity index (χ3n) is 1.18. The van der Waals surface area contributed by atoms with Crippen LogP contribution in [0, 0.1) is 0 Å². The molecule has 0 aliphatic rings. The van der Waals surface area contributed by atoms with Gasteiger partial charge in [-0.25, -0.2) is 4.39 Å². The standard InChI is InChI=1S/C6H13FO/c1-4-5(8)6(2,3)7/h5,8H,4H2,1-3H3/t5-/m0/s1. The second-order valence-electron chi connectivity index (χ2n) is 2.49. The van der Waals surface area contributed by atoms with E-state index in [4.69, 9.17) is 5.11 Å². The lowest BCUT2D eigenvalue weighted by Crippen LogP contribution is -2.30. The minimum absolute atomic E-state index is 0.476. The first-order valence-electron chi connectivity index (χ1n) is 2.85. The quantitative estimate of drug-likeness (QED) is 0.585. The smallest absolute Gasteiger partial charge is 0.131 e. The maximum Gasteiger partial charge on any atom is 0.131 e. The van der Waals surface area contributed by atoms with Crippen LogP contribution >= 0.6 is 0 Å². The number of aliphatic hydroxyl groups excluding tert-OH is 1. The van der Waals surface area contributed by atoms with Gasteiger partial charge in [-0.3, -0.25) is 0 Å². The lowest BCUT2D eigenvalue weighted by Gasteiger charge is -2.19. The Morgan fingerprint density at radius 1 is 1.62 bits per heavy atom. The number of hydrogen-bond donors (Lipinski definition) is 1. The molecule has 0 unspecified atom stereocenters. The molecule has 0 heterocycles. The lowest BCUT2D eigenvalue weighted by atomic mass is 10.0. The van der Waals surface area contributed by atoms with E-state index in [-0.39, 0.29) is 0 Å². The van der Waals surface area contributed by atoms with Crippen LogP contribution in [-0.2, 0) is 0 Å². The minimum Gasteiger partial charge on any atom is -0.390 e. The van der Waals surface area contributed by atoms with Gasteiger partial charge in [0.1, 0.15) is 5.67 Å². The number of aliphatic hydroxyl groups is 1. The molecular weight excluding hydrogens is 107 g/mol. The van der Waals surface area contributed by atoms with Crippen LogP contribution in [0.15, 0.2) is 0 Å². The fraction of sp³-hybridized carbons (Fsp3) is 1.00. The molecule has 0 spiro atoms. The highest BCUT2D eigenvalue weighted by atomic mass is 19.1. The van der Waals surface area contributed by atoms with Gasteiger partial charge in [-0.05, 0) is 20.3 Å². The summed E-state index contributed by atoms with van der Waals surface area (Å²) in [6, 6.07) is 0. The highest BCUT2D eigenvalue weighted by Crippen LogP contribution is 2.15. The highest BCUT2D eigenvalue weighted by molar-refractivity contribution is 4.74. The van der Waals surface area contributed by atoms with Crippen molar-refractivity contribution in [2.45, 2.75) is 39.0 Å². The van der Waals surface area contributed by atoms with E-state index in [9.17, 15) is 4.39 Å². The third-order valence-corrected chi connectivity index (χ3v) is 1.18. The van der Waals surface area contributed by atoms with E-state index in [1.165, 1.54) is 13.8 Å². The largest absolute Gasteiger partial charge is 0.390 e. The Kier molecular flexibility index (Phi) is 2.41. The van der Waals surface area contributed by atoms with E-state index < -0.39 is 11.8 Å². The van der Waals surface area contributed by atoms with E-state index in [0.29, 0.717) is 6.42 Å². The molecular formula is C6H13FO. The first-order valence-corrected chi connectivity index (χ1v) is 2.85. The minimum atomic E-state index is -1.44. The van der Waals surface area contributed by atoms with E-state index in [2.05, 4.69) is 0 Å². The predicted octanol–water partition coefficient (Wildman–Crippen LogP) is 1.51. The summed E-state index contributed by atoms with van der Waals surface area (Å²) in [5, 5.41) is 8.82. The zero-order valence-corrected chi connectivity index (χ0v) is 5.61. The van der Waals surface area contributed by atoms with Crippen molar-refractivity contribution in [3.8, 4) is 0 Å². The summed E-state index contributed by atoms with van der Waals surface area (Å²) in [6.07, 6.45) is -0.341. The summed E-state index contributed by atoms with van der Waals surface area (Å²) < 4.78 is 12.5. The number of alkyl halides is 1. The summed E-state index contributed by atoms with van der Waals surface area (Å²) in [4.78, 5) is 0. The zero-order chi connectivity index (χ0) is 6.78. The van der Waals surface area contributed by atoms with Gasteiger partial charge in [-0.15, -0.1) is 0 Å². The molecule has 0 aliphatic heterocycles. The van der Waals surface area contributed by atoms with E-state index >= 15 is 0 Å². The number of hydrogen-bond acceptors (Lipinski definition) is 1. The van der Waals surface area contributed by atoms with Gasteiger partial charge in [0.25, 0.3) is 0 Å². The Labute approximate surface area is 49.5 Å². The Morgan fingerprint density at radius 3 is 2.00 bits per heavy atom. The van der Waals surface area contributed by atoms with Gasteiger partial charge in [-0.2, -0.15) is 0 Å². The Balaban J connectivity index is 3.62. The topological polar surface area (TPSA) is 20.2 Å². The van der Waals surface area contributed by atoms with E-state index in [1.807, 2.05) is 0 Å².